The molecule has 0 aliphatic carbocycles. The van der Waals surface area contributed by atoms with Crippen LogP contribution in [0.3, 0.4) is 0 Å². The number of nitrogens with zero attached hydrogens (tertiary/aromatic N) is 2. The first-order valence-corrected chi connectivity index (χ1v) is 7.67. The summed E-state index contributed by atoms with van der Waals surface area (Å²) in [6, 6.07) is 11.3. The minimum atomic E-state index is -0.0431. The third kappa shape index (κ3) is 5.33. The van der Waals surface area contributed by atoms with E-state index in [2.05, 4.69) is 20.8 Å². The smallest absolute Gasteiger partial charge is 0.225 e. The largest absolute Gasteiger partial charge is 0.368 e. The number of hydrogen-bond acceptors (Lipinski definition) is 4. The van der Waals surface area contributed by atoms with Crippen LogP contribution in [0.2, 0.25) is 5.02 Å². The maximum atomic E-state index is 11.4. The second-order valence-corrected chi connectivity index (χ2v) is 5.35. The van der Waals surface area contributed by atoms with Gasteiger partial charge >= 0.3 is 0 Å². The lowest BCUT2D eigenvalue weighted by Gasteiger charge is -2.07. The molecule has 1 amide bonds. The summed E-state index contributed by atoms with van der Waals surface area (Å²) in [6.45, 7) is 2.69. The lowest BCUT2D eigenvalue weighted by atomic mass is 10.1. The first kappa shape index (κ1) is 16.2. The van der Waals surface area contributed by atoms with Crippen LogP contribution in [0.5, 0.6) is 0 Å². The summed E-state index contributed by atoms with van der Waals surface area (Å²) in [5.74, 6) is 1.10. The number of nitrogens with one attached hydrogen (secondary N) is 2. The number of aromatic nitrogens is 2. The Morgan fingerprint density at radius 2 is 1.95 bits per heavy atom. The highest BCUT2D eigenvalue weighted by molar-refractivity contribution is 6.30. The van der Waals surface area contributed by atoms with Crippen LogP contribution in [-0.2, 0) is 11.2 Å². The summed E-state index contributed by atoms with van der Waals surface area (Å²) >= 11 is 5.94. The molecule has 0 bridgehead atoms. The predicted octanol–water partition coefficient (Wildman–Crippen LogP) is 3.52. The number of halogens is 1. The number of benzene rings is 1. The summed E-state index contributed by atoms with van der Waals surface area (Å²) in [5, 5.41) is 14.6. The zero-order chi connectivity index (χ0) is 15.8. The van der Waals surface area contributed by atoms with Crippen LogP contribution in [0.1, 0.15) is 25.3 Å². The van der Waals surface area contributed by atoms with Gasteiger partial charge in [0.15, 0.2) is 5.82 Å². The van der Waals surface area contributed by atoms with Crippen molar-refractivity contribution in [2.45, 2.75) is 26.2 Å². The molecule has 5 nitrogen and oxygen atoms in total. The van der Waals surface area contributed by atoms with Gasteiger partial charge < -0.3 is 10.6 Å². The Morgan fingerprint density at radius 1 is 1.18 bits per heavy atom. The molecule has 0 saturated carbocycles. The van der Waals surface area contributed by atoms with E-state index in [0.29, 0.717) is 18.1 Å². The SMILES string of the molecule is CCCC(=O)Nc1ccc(NCCc2cccc(Cl)c2)nn1. The standard InChI is InChI=1S/C16H19ClN4O/c1-2-4-16(22)19-15-8-7-14(20-21-15)18-10-9-12-5-3-6-13(17)11-12/h3,5-8,11H,2,4,9-10H2,1H3,(H,18,20)(H,19,21,22). The Hall–Kier alpha value is -2.14. The first-order chi connectivity index (χ1) is 10.7. The van der Waals surface area contributed by atoms with E-state index >= 15 is 0 Å². The van der Waals surface area contributed by atoms with Gasteiger partial charge in [-0.1, -0.05) is 30.7 Å². The topological polar surface area (TPSA) is 66.9 Å². The molecular formula is C16H19ClN4O. The molecule has 0 saturated heterocycles. The van der Waals surface area contributed by atoms with Crippen molar-refractivity contribution in [2.24, 2.45) is 0 Å². The average molecular weight is 319 g/mol. The molecule has 0 radical (unpaired) electrons. The number of carbonyl (C=O) groups is 1. The number of rotatable bonds is 7. The van der Waals surface area contributed by atoms with Gasteiger partial charge in [-0.15, -0.1) is 10.2 Å². The van der Waals surface area contributed by atoms with Crippen molar-refractivity contribution >= 4 is 29.1 Å². The molecule has 0 atom stereocenters. The van der Waals surface area contributed by atoms with Crippen molar-refractivity contribution in [3.05, 3.63) is 47.0 Å². The van der Waals surface area contributed by atoms with Gasteiger partial charge in [-0.3, -0.25) is 4.79 Å². The summed E-state index contributed by atoms with van der Waals surface area (Å²) in [6.07, 6.45) is 2.14. The van der Waals surface area contributed by atoms with Gasteiger partial charge in [0, 0.05) is 18.0 Å². The molecule has 0 spiro atoms. The van der Waals surface area contributed by atoms with E-state index in [1.807, 2.05) is 31.2 Å². The van der Waals surface area contributed by atoms with Crippen molar-refractivity contribution in [3.8, 4) is 0 Å². The number of amides is 1. The van der Waals surface area contributed by atoms with E-state index < -0.39 is 0 Å². The minimum absolute atomic E-state index is 0.0431. The molecule has 1 heterocycles. The molecule has 6 heteroatoms. The number of hydrogen-bond donors (Lipinski definition) is 2. The Balaban J connectivity index is 1.80. The quantitative estimate of drug-likeness (QED) is 0.819. The van der Waals surface area contributed by atoms with Gasteiger partial charge in [-0.2, -0.15) is 0 Å². The van der Waals surface area contributed by atoms with Crippen LogP contribution in [0, 0.1) is 0 Å². The van der Waals surface area contributed by atoms with Crippen LogP contribution in [0.25, 0.3) is 0 Å². The lowest BCUT2D eigenvalue weighted by Crippen LogP contribution is -2.13. The highest BCUT2D eigenvalue weighted by atomic mass is 35.5. The molecule has 22 heavy (non-hydrogen) atoms. The van der Waals surface area contributed by atoms with Crippen LogP contribution >= 0.6 is 11.6 Å². The van der Waals surface area contributed by atoms with Crippen molar-refractivity contribution in [1.29, 1.82) is 0 Å². The van der Waals surface area contributed by atoms with Gasteiger partial charge in [0.25, 0.3) is 0 Å². The van der Waals surface area contributed by atoms with E-state index in [1.54, 1.807) is 12.1 Å². The van der Waals surface area contributed by atoms with Crippen LogP contribution in [0.4, 0.5) is 11.6 Å². The highest BCUT2D eigenvalue weighted by Crippen LogP contribution is 2.12. The van der Waals surface area contributed by atoms with E-state index in [9.17, 15) is 4.79 Å². The Bertz CT molecular complexity index is 616. The van der Waals surface area contributed by atoms with Crippen molar-refractivity contribution in [1.82, 2.24) is 10.2 Å². The van der Waals surface area contributed by atoms with Crippen molar-refractivity contribution in [2.75, 3.05) is 17.2 Å². The van der Waals surface area contributed by atoms with Crippen LogP contribution in [0.15, 0.2) is 36.4 Å². The summed E-state index contributed by atoms with van der Waals surface area (Å²) in [5.41, 5.74) is 1.16. The molecule has 1 aromatic heterocycles. The lowest BCUT2D eigenvalue weighted by molar-refractivity contribution is -0.116. The fraction of sp³-hybridized carbons (Fsp3) is 0.312. The maximum Gasteiger partial charge on any atom is 0.225 e. The summed E-state index contributed by atoms with van der Waals surface area (Å²) in [4.78, 5) is 11.4. The Morgan fingerprint density at radius 3 is 2.64 bits per heavy atom. The molecule has 0 unspecified atom stereocenters. The highest BCUT2D eigenvalue weighted by Gasteiger charge is 2.03. The molecule has 2 aromatic rings. The third-order valence-corrected chi connectivity index (χ3v) is 3.25. The van der Waals surface area contributed by atoms with Crippen molar-refractivity contribution in [3.63, 3.8) is 0 Å². The Kier molecular flexibility index (Phi) is 6.15. The molecular weight excluding hydrogens is 300 g/mol. The molecule has 2 N–H and O–H groups in total. The molecule has 0 aliphatic heterocycles. The minimum Gasteiger partial charge on any atom is -0.368 e. The van der Waals surface area contributed by atoms with Gasteiger partial charge in [0.2, 0.25) is 5.91 Å². The van der Waals surface area contributed by atoms with E-state index in [1.165, 1.54) is 0 Å². The van der Waals surface area contributed by atoms with Gasteiger partial charge in [0.05, 0.1) is 0 Å². The van der Waals surface area contributed by atoms with Gasteiger partial charge in [-0.25, -0.2) is 0 Å². The van der Waals surface area contributed by atoms with Crippen LogP contribution in [-0.4, -0.2) is 22.6 Å². The fourth-order valence-electron chi connectivity index (χ4n) is 1.95. The maximum absolute atomic E-state index is 11.4. The molecule has 0 aliphatic rings. The molecule has 116 valence electrons. The number of anilines is 2. The monoisotopic (exact) mass is 318 g/mol. The Labute approximate surface area is 135 Å². The van der Waals surface area contributed by atoms with Gasteiger partial charge in [-0.05, 0) is 42.7 Å². The summed E-state index contributed by atoms with van der Waals surface area (Å²) < 4.78 is 0. The van der Waals surface area contributed by atoms with E-state index in [4.69, 9.17) is 11.6 Å². The zero-order valence-electron chi connectivity index (χ0n) is 12.5. The van der Waals surface area contributed by atoms with E-state index in [0.717, 1.165) is 30.0 Å². The first-order valence-electron chi connectivity index (χ1n) is 7.29. The zero-order valence-corrected chi connectivity index (χ0v) is 13.2. The fourth-order valence-corrected chi connectivity index (χ4v) is 2.17. The second kappa shape index (κ2) is 8.34. The third-order valence-electron chi connectivity index (χ3n) is 3.02. The van der Waals surface area contributed by atoms with Crippen molar-refractivity contribution < 1.29 is 4.79 Å². The predicted molar refractivity (Wildman–Crippen MR) is 89.2 cm³/mol. The average Bonchev–Trinajstić information content (AvgIpc) is 2.49. The van der Waals surface area contributed by atoms with Crippen LogP contribution < -0.4 is 10.6 Å². The molecule has 1 aromatic carbocycles. The normalized spacial score (nSPS) is 10.3. The molecule has 2 rings (SSSR count). The second-order valence-electron chi connectivity index (χ2n) is 4.91. The van der Waals surface area contributed by atoms with E-state index in [-0.39, 0.29) is 5.91 Å². The molecule has 0 fully saturated rings. The summed E-state index contributed by atoms with van der Waals surface area (Å²) in [7, 11) is 0. The number of carbonyl (C=O) groups excluding carboxylic acids is 1. The van der Waals surface area contributed by atoms with Gasteiger partial charge in [0.1, 0.15) is 5.82 Å².